The number of nitrogens with one attached hydrogen (secondary N) is 1. The minimum atomic E-state index is -0.107. The van der Waals surface area contributed by atoms with Gasteiger partial charge in [0.15, 0.2) is 0 Å². The van der Waals surface area contributed by atoms with Crippen molar-refractivity contribution in [1.82, 2.24) is 4.90 Å². The molecule has 1 aliphatic heterocycles. The summed E-state index contributed by atoms with van der Waals surface area (Å²) in [5.41, 5.74) is 6.80. The molecule has 1 aliphatic rings. The standard InChI is InChI=1S/C28H31N3O2/c1-4-22-6-9-23(10-7-22)28(33)31-17-15-30(16-18-31)26-13-11-25(12-14-26)29-27(32)24-8-5-20(2)21(3)19-24/h5-14,19H,4,15-18H2,1-3H3,(H,29,32). The molecule has 0 unspecified atom stereocenters. The van der Waals surface area contributed by atoms with Gasteiger partial charge in [-0.05, 0) is 85.5 Å². The monoisotopic (exact) mass is 441 g/mol. The molecular formula is C28H31N3O2. The van der Waals surface area contributed by atoms with Crippen molar-refractivity contribution in [2.75, 3.05) is 36.4 Å². The Morgan fingerprint density at radius 3 is 2.03 bits per heavy atom. The molecular weight excluding hydrogens is 410 g/mol. The van der Waals surface area contributed by atoms with E-state index < -0.39 is 0 Å². The lowest BCUT2D eigenvalue weighted by Crippen LogP contribution is -2.48. The van der Waals surface area contributed by atoms with Crippen LogP contribution in [0.3, 0.4) is 0 Å². The van der Waals surface area contributed by atoms with Crippen LogP contribution in [0.5, 0.6) is 0 Å². The first-order chi connectivity index (χ1) is 15.9. The summed E-state index contributed by atoms with van der Waals surface area (Å²) in [5, 5.41) is 2.97. The number of rotatable bonds is 5. The number of carbonyl (C=O) groups excluding carboxylic acids is 2. The van der Waals surface area contributed by atoms with Crippen LogP contribution in [0.15, 0.2) is 66.7 Å². The average molecular weight is 442 g/mol. The summed E-state index contributed by atoms with van der Waals surface area (Å²) in [5.74, 6) is -0.00773. The van der Waals surface area contributed by atoms with Crippen molar-refractivity contribution in [1.29, 1.82) is 0 Å². The van der Waals surface area contributed by atoms with Gasteiger partial charge >= 0.3 is 0 Å². The van der Waals surface area contributed by atoms with Crippen LogP contribution < -0.4 is 10.2 Å². The van der Waals surface area contributed by atoms with E-state index in [2.05, 4.69) is 17.1 Å². The van der Waals surface area contributed by atoms with Gasteiger partial charge in [0.05, 0.1) is 0 Å². The topological polar surface area (TPSA) is 52.7 Å². The van der Waals surface area contributed by atoms with Gasteiger partial charge in [-0.1, -0.05) is 25.1 Å². The molecule has 1 N–H and O–H groups in total. The summed E-state index contributed by atoms with van der Waals surface area (Å²) < 4.78 is 0. The summed E-state index contributed by atoms with van der Waals surface area (Å²) >= 11 is 0. The minimum Gasteiger partial charge on any atom is -0.368 e. The van der Waals surface area contributed by atoms with Crippen molar-refractivity contribution in [3.8, 4) is 0 Å². The number of anilines is 2. The maximum atomic E-state index is 12.8. The zero-order valence-corrected chi connectivity index (χ0v) is 19.6. The van der Waals surface area contributed by atoms with E-state index in [4.69, 9.17) is 0 Å². The van der Waals surface area contributed by atoms with Crippen LogP contribution in [-0.2, 0) is 6.42 Å². The van der Waals surface area contributed by atoms with Crippen molar-refractivity contribution < 1.29 is 9.59 Å². The molecule has 3 aromatic carbocycles. The van der Waals surface area contributed by atoms with Crippen molar-refractivity contribution in [2.24, 2.45) is 0 Å². The van der Waals surface area contributed by atoms with Gasteiger partial charge in [-0.15, -0.1) is 0 Å². The SMILES string of the molecule is CCc1ccc(C(=O)N2CCN(c3ccc(NC(=O)c4ccc(C)c(C)c4)cc3)CC2)cc1. The van der Waals surface area contributed by atoms with E-state index in [-0.39, 0.29) is 11.8 Å². The molecule has 4 rings (SSSR count). The lowest BCUT2D eigenvalue weighted by Gasteiger charge is -2.36. The fraction of sp³-hybridized carbons (Fsp3) is 0.286. The summed E-state index contributed by atoms with van der Waals surface area (Å²) in [6.07, 6.45) is 0.973. The van der Waals surface area contributed by atoms with Crippen molar-refractivity contribution in [3.05, 3.63) is 94.5 Å². The Morgan fingerprint density at radius 2 is 1.42 bits per heavy atom. The molecule has 0 aromatic heterocycles. The second kappa shape index (κ2) is 9.90. The molecule has 3 aromatic rings. The van der Waals surface area contributed by atoms with E-state index in [0.717, 1.165) is 42.0 Å². The minimum absolute atomic E-state index is 0.0988. The highest BCUT2D eigenvalue weighted by atomic mass is 16.2. The third kappa shape index (κ3) is 5.25. The number of benzene rings is 3. The third-order valence-corrected chi connectivity index (χ3v) is 6.44. The molecule has 33 heavy (non-hydrogen) atoms. The van der Waals surface area contributed by atoms with Crippen LogP contribution in [0, 0.1) is 13.8 Å². The second-order valence-electron chi connectivity index (χ2n) is 8.63. The molecule has 2 amide bonds. The van der Waals surface area contributed by atoms with Crippen molar-refractivity contribution in [3.63, 3.8) is 0 Å². The molecule has 170 valence electrons. The maximum Gasteiger partial charge on any atom is 0.255 e. The molecule has 5 heteroatoms. The number of amides is 2. The Morgan fingerprint density at radius 1 is 0.788 bits per heavy atom. The predicted octanol–water partition coefficient (Wildman–Crippen LogP) is 5.08. The predicted molar refractivity (Wildman–Crippen MR) is 134 cm³/mol. The van der Waals surface area contributed by atoms with E-state index >= 15 is 0 Å². The highest BCUT2D eigenvalue weighted by Crippen LogP contribution is 2.21. The lowest BCUT2D eigenvalue weighted by atomic mass is 10.1. The highest BCUT2D eigenvalue weighted by Gasteiger charge is 2.22. The Labute approximate surface area is 196 Å². The summed E-state index contributed by atoms with van der Waals surface area (Å²) in [6.45, 7) is 9.12. The van der Waals surface area contributed by atoms with Gasteiger partial charge in [0.25, 0.3) is 11.8 Å². The van der Waals surface area contributed by atoms with Crippen LogP contribution >= 0.6 is 0 Å². The van der Waals surface area contributed by atoms with Crippen LogP contribution in [-0.4, -0.2) is 42.9 Å². The Balaban J connectivity index is 1.32. The number of piperazine rings is 1. The molecule has 0 saturated carbocycles. The summed E-state index contributed by atoms with van der Waals surface area (Å²) in [4.78, 5) is 29.6. The maximum absolute atomic E-state index is 12.8. The molecule has 1 fully saturated rings. The van der Waals surface area contributed by atoms with E-state index in [1.54, 1.807) is 0 Å². The van der Waals surface area contributed by atoms with Crippen LogP contribution in [0.2, 0.25) is 0 Å². The van der Waals surface area contributed by atoms with Gasteiger partial charge in [0.2, 0.25) is 0 Å². The number of aryl methyl sites for hydroxylation is 3. The average Bonchev–Trinajstić information content (AvgIpc) is 2.86. The van der Waals surface area contributed by atoms with Crippen molar-refractivity contribution in [2.45, 2.75) is 27.2 Å². The van der Waals surface area contributed by atoms with Gasteiger partial charge in [-0.3, -0.25) is 9.59 Å². The number of hydrogen-bond donors (Lipinski definition) is 1. The molecule has 0 radical (unpaired) electrons. The number of carbonyl (C=O) groups is 2. The fourth-order valence-electron chi connectivity index (χ4n) is 4.07. The van der Waals surface area contributed by atoms with Gasteiger partial charge < -0.3 is 15.1 Å². The number of nitrogens with zero attached hydrogens (tertiary/aromatic N) is 2. The Hall–Kier alpha value is -3.60. The highest BCUT2D eigenvalue weighted by molar-refractivity contribution is 6.04. The van der Waals surface area contributed by atoms with Crippen molar-refractivity contribution >= 4 is 23.2 Å². The zero-order chi connectivity index (χ0) is 23.4. The molecule has 0 atom stereocenters. The van der Waals surface area contributed by atoms with Gasteiger partial charge in [0.1, 0.15) is 0 Å². The van der Waals surface area contributed by atoms with Gasteiger partial charge in [-0.2, -0.15) is 0 Å². The lowest BCUT2D eigenvalue weighted by molar-refractivity contribution is 0.0746. The van der Waals surface area contributed by atoms with Crippen LogP contribution in [0.25, 0.3) is 0 Å². The summed E-state index contributed by atoms with van der Waals surface area (Å²) in [7, 11) is 0. The molecule has 0 bridgehead atoms. The molecule has 5 nitrogen and oxygen atoms in total. The second-order valence-corrected chi connectivity index (χ2v) is 8.63. The normalized spacial score (nSPS) is 13.7. The molecule has 1 heterocycles. The van der Waals surface area contributed by atoms with Crippen LogP contribution in [0.4, 0.5) is 11.4 Å². The molecule has 0 aliphatic carbocycles. The smallest absolute Gasteiger partial charge is 0.255 e. The molecule has 1 saturated heterocycles. The quantitative estimate of drug-likeness (QED) is 0.601. The largest absolute Gasteiger partial charge is 0.368 e. The van der Waals surface area contributed by atoms with Gasteiger partial charge in [0, 0.05) is 48.7 Å². The third-order valence-electron chi connectivity index (χ3n) is 6.44. The fourth-order valence-corrected chi connectivity index (χ4v) is 4.07. The molecule has 0 spiro atoms. The van der Waals surface area contributed by atoms with E-state index in [0.29, 0.717) is 18.7 Å². The Bertz CT molecular complexity index is 1130. The van der Waals surface area contributed by atoms with E-state index in [1.807, 2.05) is 85.5 Å². The Kier molecular flexibility index (Phi) is 6.78. The first-order valence-electron chi connectivity index (χ1n) is 11.6. The first kappa shape index (κ1) is 22.6. The first-order valence-corrected chi connectivity index (χ1v) is 11.6. The number of hydrogen-bond acceptors (Lipinski definition) is 3. The zero-order valence-electron chi connectivity index (χ0n) is 19.6. The van der Waals surface area contributed by atoms with Crippen LogP contribution in [0.1, 0.15) is 44.3 Å². The van der Waals surface area contributed by atoms with Gasteiger partial charge in [-0.25, -0.2) is 0 Å². The van der Waals surface area contributed by atoms with E-state index in [9.17, 15) is 9.59 Å². The summed E-state index contributed by atoms with van der Waals surface area (Å²) in [6, 6.07) is 21.6. The van der Waals surface area contributed by atoms with E-state index in [1.165, 1.54) is 11.1 Å².